The Kier molecular flexibility index (Phi) is 4.29. The Hall–Kier alpha value is -0.640. The topological polar surface area (TPSA) is 21.7 Å². The summed E-state index contributed by atoms with van der Waals surface area (Å²) in [4.78, 5) is 2.53. The van der Waals surface area contributed by atoms with Crippen LogP contribution in [0.1, 0.15) is 27.2 Å². The molecule has 3 rings (SSSR count). The Balaban J connectivity index is 1.79. The molecule has 3 aliphatic rings. The van der Waals surface area contributed by atoms with Crippen molar-refractivity contribution in [2.75, 3.05) is 32.9 Å². The number of hydrogen-bond acceptors (Lipinski definition) is 3. The minimum absolute atomic E-state index is 0.350. The summed E-state index contributed by atoms with van der Waals surface area (Å²) >= 11 is 0. The maximum absolute atomic E-state index is 6.29. The van der Waals surface area contributed by atoms with Gasteiger partial charge in [0.2, 0.25) is 0 Å². The van der Waals surface area contributed by atoms with Crippen LogP contribution in [0.25, 0.3) is 0 Å². The zero-order chi connectivity index (χ0) is 14.1. The maximum Gasteiger partial charge on any atom is 0.0786 e. The Morgan fingerprint density at radius 2 is 2.15 bits per heavy atom. The molecule has 0 aliphatic carbocycles. The Morgan fingerprint density at radius 1 is 1.30 bits per heavy atom. The van der Waals surface area contributed by atoms with E-state index >= 15 is 0 Å². The molecule has 112 valence electrons. The van der Waals surface area contributed by atoms with E-state index in [0.717, 1.165) is 39.3 Å². The predicted molar refractivity (Wildman–Crippen MR) is 80.7 cm³/mol. The smallest absolute Gasteiger partial charge is 0.0786 e. The van der Waals surface area contributed by atoms with Crippen LogP contribution in [0.15, 0.2) is 23.3 Å². The molecule has 0 spiro atoms. The van der Waals surface area contributed by atoms with Crippen molar-refractivity contribution in [2.24, 2.45) is 11.8 Å². The molecule has 0 aromatic rings. The molecule has 0 N–H and O–H groups in total. The molecule has 3 heterocycles. The quantitative estimate of drug-likeness (QED) is 0.635. The van der Waals surface area contributed by atoms with Crippen LogP contribution >= 0.6 is 0 Å². The third-order valence-corrected chi connectivity index (χ3v) is 5.34. The summed E-state index contributed by atoms with van der Waals surface area (Å²) in [6, 6.07) is 0.469. The van der Waals surface area contributed by atoms with Crippen molar-refractivity contribution in [3.05, 3.63) is 23.3 Å². The summed E-state index contributed by atoms with van der Waals surface area (Å²) in [5, 5.41) is 0. The largest absolute Gasteiger partial charge is 0.377 e. The number of nitrogens with zero attached hydrogens (tertiary/aromatic N) is 1. The van der Waals surface area contributed by atoms with Crippen molar-refractivity contribution >= 4 is 0 Å². The van der Waals surface area contributed by atoms with Gasteiger partial charge >= 0.3 is 0 Å². The zero-order valence-corrected chi connectivity index (χ0v) is 13.0. The summed E-state index contributed by atoms with van der Waals surface area (Å²) in [6.45, 7) is 11.3. The second kappa shape index (κ2) is 6.00. The van der Waals surface area contributed by atoms with Gasteiger partial charge in [0, 0.05) is 13.1 Å². The minimum Gasteiger partial charge on any atom is -0.377 e. The van der Waals surface area contributed by atoms with Crippen molar-refractivity contribution in [3.63, 3.8) is 0 Å². The lowest BCUT2D eigenvalue weighted by molar-refractivity contribution is 0.0513. The monoisotopic (exact) mass is 277 g/mol. The van der Waals surface area contributed by atoms with Gasteiger partial charge in [0.25, 0.3) is 0 Å². The third kappa shape index (κ3) is 2.59. The average molecular weight is 277 g/mol. The summed E-state index contributed by atoms with van der Waals surface area (Å²) in [5.74, 6) is 1.07. The fraction of sp³-hybridized carbons (Fsp3) is 0.765. The zero-order valence-electron chi connectivity index (χ0n) is 13.0. The summed E-state index contributed by atoms with van der Waals surface area (Å²) in [5.41, 5.74) is 2.86. The predicted octanol–water partition coefficient (Wildman–Crippen LogP) is 2.63. The second-order valence-electron chi connectivity index (χ2n) is 6.50. The van der Waals surface area contributed by atoms with Crippen LogP contribution in [-0.4, -0.2) is 50.0 Å². The van der Waals surface area contributed by atoms with E-state index in [2.05, 4.69) is 37.8 Å². The molecule has 3 aliphatic heterocycles. The molecule has 3 nitrogen and oxygen atoms in total. The molecule has 2 saturated heterocycles. The fourth-order valence-electron chi connectivity index (χ4n) is 3.73. The van der Waals surface area contributed by atoms with Crippen LogP contribution in [0.4, 0.5) is 0 Å². The first-order valence-electron chi connectivity index (χ1n) is 7.98. The highest BCUT2D eigenvalue weighted by Gasteiger charge is 2.40. The first-order valence-corrected chi connectivity index (χ1v) is 7.98. The van der Waals surface area contributed by atoms with E-state index in [1.807, 2.05) is 0 Å². The van der Waals surface area contributed by atoms with Gasteiger partial charge in [0.1, 0.15) is 0 Å². The van der Waals surface area contributed by atoms with E-state index in [-0.39, 0.29) is 0 Å². The SMILES string of the molecule is C/C=C1\CO[C@@H]2CCN3CC=C(COC[C@@H](C)[C@@H]1C)[C@H]23. The fourth-order valence-corrected chi connectivity index (χ4v) is 3.73. The second-order valence-corrected chi connectivity index (χ2v) is 6.50. The van der Waals surface area contributed by atoms with Crippen molar-refractivity contribution < 1.29 is 9.47 Å². The molecule has 0 aromatic heterocycles. The summed E-state index contributed by atoms with van der Waals surface area (Å²) in [7, 11) is 0. The molecule has 0 saturated carbocycles. The molecule has 0 radical (unpaired) electrons. The van der Waals surface area contributed by atoms with Crippen molar-refractivity contribution in [3.8, 4) is 0 Å². The molecule has 20 heavy (non-hydrogen) atoms. The van der Waals surface area contributed by atoms with Gasteiger partial charge in [-0.05, 0) is 36.3 Å². The van der Waals surface area contributed by atoms with Crippen LogP contribution in [-0.2, 0) is 9.47 Å². The highest BCUT2D eigenvalue weighted by atomic mass is 16.5. The van der Waals surface area contributed by atoms with Crippen LogP contribution in [0.2, 0.25) is 0 Å². The lowest BCUT2D eigenvalue weighted by Crippen LogP contribution is -2.35. The minimum atomic E-state index is 0.350. The van der Waals surface area contributed by atoms with Gasteiger partial charge in [-0.1, -0.05) is 26.0 Å². The van der Waals surface area contributed by atoms with E-state index < -0.39 is 0 Å². The van der Waals surface area contributed by atoms with Crippen LogP contribution in [0, 0.1) is 11.8 Å². The normalized spacial score (nSPS) is 41.4. The third-order valence-electron chi connectivity index (χ3n) is 5.34. The Bertz CT molecular complexity index is 415. The highest BCUT2D eigenvalue weighted by Crippen LogP contribution is 2.33. The van der Waals surface area contributed by atoms with Gasteiger partial charge in [0.05, 0.1) is 32.0 Å². The van der Waals surface area contributed by atoms with Crippen molar-refractivity contribution in [2.45, 2.75) is 39.3 Å². The van der Waals surface area contributed by atoms with Crippen LogP contribution < -0.4 is 0 Å². The molecular weight excluding hydrogens is 250 g/mol. The summed E-state index contributed by atoms with van der Waals surface area (Å²) < 4.78 is 12.3. The van der Waals surface area contributed by atoms with E-state index in [1.54, 1.807) is 0 Å². The van der Waals surface area contributed by atoms with Crippen LogP contribution in [0.3, 0.4) is 0 Å². The molecular formula is C17H27NO2. The van der Waals surface area contributed by atoms with Gasteiger partial charge in [-0.2, -0.15) is 0 Å². The highest BCUT2D eigenvalue weighted by molar-refractivity contribution is 5.24. The standard InChI is InChI=1S/C17H27NO2/c1-4-14-11-20-16-6-8-18-7-5-15(17(16)18)10-19-9-12(2)13(14)3/h4-5,12-13,16-17H,6-11H2,1-3H3/b14-4+/t12-,13+,16-,17-/m1/s1. The van der Waals surface area contributed by atoms with Gasteiger partial charge in [0.15, 0.2) is 0 Å². The number of allylic oxidation sites excluding steroid dienone is 1. The van der Waals surface area contributed by atoms with Gasteiger partial charge < -0.3 is 9.47 Å². The molecule has 0 amide bonds. The molecule has 0 unspecified atom stereocenters. The Labute approximate surface area is 122 Å². The molecule has 3 heteroatoms. The van der Waals surface area contributed by atoms with Gasteiger partial charge in [-0.25, -0.2) is 0 Å². The van der Waals surface area contributed by atoms with E-state index in [4.69, 9.17) is 9.47 Å². The lowest BCUT2D eigenvalue weighted by atomic mass is 9.89. The number of rotatable bonds is 0. The van der Waals surface area contributed by atoms with Crippen molar-refractivity contribution in [1.29, 1.82) is 0 Å². The van der Waals surface area contributed by atoms with Gasteiger partial charge in [-0.3, -0.25) is 4.90 Å². The van der Waals surface area contributed by atoms with E-state index in [0.29, 0.717) is 24.0 Å². The Morgan fingerprint density at radius 3 is 2.95 bits per heavy atom. The number of hydrogen-bond donors (Lipinski definition) is 0. The molecule has 2 fully saturated rings. The van der Waals surface area contributed by atoms with Gasteiger partial charge in [-0.15, -0.1) is 0 Å². The summed E-state index contributed by atoms with van der Waals surface area (Å²) in [6.07, 6.45) is 6.09. The number of ether oxygens (including phenoxy) is 2. The lowest BCUT2D eigenvalue weighted by Gasteiger charge is -2.25. The van der Waals surface area contributed by atoms with Crippen LogP contribution in [0.5, 0.6) is 0 Å². The van der Waals surface area contributed by atoms with E-state index in [1.165, 1.54) is 11.1 Å². The molecule has 0 aromatic carbocycles. The maximum atomic E-state index is 6.29. The molecule has 0 bridgehead atoms. The first-order chi connectivity index (χ1) is 9.70. The first kappa shape index (κ1) is 14.3. The van der Waals surface area contributed by atoms with Crippen molar-refractivity contribution in [1.82, 2.24) is 4.90 Å². The van der Waals surface area contributed by atoms with E-state index in [9.17, 15) is 0 Å². The molecule has 4 atom stereocenters. The average Bonchev–Trinajstić information content (AvgIpc) is 3.01.